The standard InChI is InChI=1S/C25H37N5O4S/c1-25(2,3)34-24(31)27-15-16-30(35(32)33)21-9-10-22(29-20-7-5-4-6-8-20)23(17-21)28-18-19-11-13-26-14-12-19/h9-14,17,20,28-29H,4-8,15-16,18H2,1-3H3,(H,27,31)(H,32,33). The lowest BCUT2D eigenvalue weighted by atomic mass is 9.95. The lowest BCUT2D eigenvalue weighted by Gasteiger charge is -2.27. The molecule has 1 unspecified atom stereocenters. The van der Waals surface area contributed by atoms with Crippen LogP contribution >= 0.6 is 0 Å². The van der Waals surface area contributed by atoms with Crippen LogP contribution in [0.2, 0.25) is 0 Å². The number of hydrogen-bond donors (Lipinski definition) is 4. The third-order valence-corrected chi connectivity index (χ3v) is 6.43. The van der Waals surface area contributed by atoms with E-state index in [2.05, 4.69) is 20.9 Å². The van der Waals surface area contributed by atoms with Crippen LogP contribution in [-0.4, -0.2) is 44.6 Å². The first-order chi connectivity index (χ1) is 16.7. The Morgan fingerprint density at radius 2 is 1.86 bits per heavy atom. The molecule has 10 heteroatoms. The number of benzene rings is 1. The fourth-order valence-electron chi connectivity index (χ4n) is 4.00. The van der Waals surface area contributed by atoms with Gasteiger partial charge >= 0.3 is 6.09 Å². The van der Waals surface area contributed by atoms with Crippen molar-refractivity contribution in [2.75, 3.05) is 28.0 Å². The molecule has 0 saturated heterocycles. The number of rotatable bonds is 10. The van der Waals surface area contributed by atoms with Gasteiger partial charge in [-0.2, -0.15) is 0 Å². The van der Waals surface area contributed by atoms with Crippen molar-refractivity contribution < 1.29 is 18.3 Å². The number of pyridine rings is 1. The van der Waals surface area contributed by atoms with E-state index in [1.54, 1.807) is 33.2 Å². The highest BCUT2D eigenvalue weighted by atomic mass is 32.2. The topological polar surface area (TPSA) is 116 Å². The molecule has 1 aromatic carbocycles. The van der Waals surface area contributed by atoms with Crippen molar-refractivity contribution in [3.8, 4) is 0 Å². The molecule has 35 heavy (non-hydrogen) atoms. The van der Waals surface area contributed by atoms with Crippen molar-refractivity contribution >= 4 is 34.4 Å². The summed E-state index contributed by atoms with van der Waals surface area (Å²) in [5.41, 5.74) is 2.85. The molecule has 9 nitrogen and oxygen atoms in total. The number of alkyl carbamates (subject to hydrolysis) is 1. The van der Waals surface area contributed by atoms with Gasteiger partial charge in [0.25, 0.3) is 11.3 Å². The van der Waals surface area contributed by atoms with Crippen LogP contribution in [0.4, 0.5) is 21.9 Å². The number of ether oxygens (including phenoxy) is 1. The van der Waals surface area contributed by atoms with Gasteiger partial charge in [-0.25, -0.2) is 9.00 Å². The number of aromatic nitrogens is 1. The highest BCUT2D eigenvalue weighted by molar-refractivity contribution is 7.80. The first kappa shape index (κ1) is 26.7. The molecular formula is C25H37N5O4S. The van der Waals surface area contributed by atoms with Gasteiger partial charge in [-0.15, -0.1) is 0 Å². The molecule has 4 N–H and O–H groups in total. The molecule has 3 rings (SSSR count). The molecule has 0 aliphatic heterocycles. The van der Waals surface area contributed by atoms with E-state index < -0.39 is 23.0 Å². The summed E-state index contributed by atoms with van der Waals surface area (Å²) in [5.74, 6) is 0. The van der Waals surface area contributed by atoms with Crippen molar-refractivity contribution in [1.29, 1.82) is 0 Å². The first-order valence-electron chi connectivity index (χ1n) is 12.1. The van der Waals surface area contributed by atoms with Gasteiger partial charge in [-0.05, 0) is 69.5 Å². The predicted octanol–water partition coefficient (Wildman–Crippen LogP) is 4.91. The summed E-state index contributed by atoms with van der Waals surface area (Å²) in [6.45, 7) is 6.24. The van der Waals surface area contributed by atoms with E-state index in [9.17, 15) is 13.6 Å². The van der Waals surface area contributed by atoms with Crippen LogP contribution in [0.3, 0.4) is 0 Å². The molecule has 1 aromatic heterocycles. The van der Waals surface area contributed by atoms with Crippen molar-refractivity contribution in [3.63, 3.8) is 0 Å². The van der Waals surface area contributed by atoms with Crippen molar-refractivity contribution in [2.24, 2.45) is 0 Å². The Balaban J connectivity index is 1.74. The zero-order valence-electron chi connectivity index (χ0n) is 20.8. The predicted molar refractivity (Wildman–Crippen MR) is 141 cm³/mol. The molecule has 1 atom stereocenters. The van der Waals surface area contributed by atoms with Crippen LogP contribution in [0.5, 0.6) is 0 Å². The quantitative estimate of drug-likeness (QED) is 0.341. The average Bonchev–Trinajstić information content (AvgIpc) is 2.81. The first-order valence-corrected chi connectivity index (χ1v) is 13.2. The van der Waals surface area contributed by atoms with E-state index in [1.807, 2.05) is 30.3 Å². The van der Waals surface area contributed by atoms with Gasteiger partial charge in [-0.3, -0.25) is 13.8 Å². The lowest BCUT2D eigenvalue weighted by Crippen LogP contribution is -2.38. The Labute approximate surface area is 210 Å². The third kappa shape index (κ3) is 9.03. The Kier molecular flexibility index (Phi) is 9.73. The second kappa shape index (κ2) is 12.7. The molecule has 1 heterocycles. The van der Waals surface area contributed by atoms with Crippen LogP contribution in [0.1, 0.15) is 58.4 Å². The van der Waals surface area contributed by atoms with Gasteiger partial charge < -0.3 is 20.7 Å². The molecule has 192 valence electrons. The zero-order valence-corrected chi connectivity index (χ0v) is 21.6. The van der Waals surface area contributed by atoms with E-state index in [0.29, 0.717) is 18.3 Å². The lowest BCUT2D eigenvalue weighted by molar-refractivity contribution is 0.0529. The number of hydrogen-bond acceptors (Lipinski definition) is 6. The molecule has 1 amide bonds. The summed E-state index contributed by atoms with van der Waals surface area (Å²) in [7, 11) is 0. The van der Waals surface area contributed by atoms with Gasteiger partial charge in [0.15, 0.2) is 0 Å². The van der Waals surface area contributed by atoms with E-state index >= 15 is 0 Å². The normalized spacial score (nSPS) is 15.2. The molecule has 1 aliphatic rings. The Hall–Kier alpha value is -2.85. The minimum Gasteiger partial charge on any atom is -0.444 e. The highest BCUT2D eigenvalue weighted by Crippen LogP contribution is 2.31. The number of carbonyl (C=O) groups excluding carboxylic acids is 1. The number of nitrogens with one attached hydrogen (secondary N) is 3. The molecule has 1 aliphatic carbocycles. The number of carbonyl (C=O) groups is 1. The van der Waals surface area contributed by atoms with E-state index in [4.69, 9.17) is 4.74 Å². The van der Waals surface area contributed by atoms with Crippen LogP contribution in [-0.2, 0) is 22.5 Å². The molecule has 1 saturated carbocycles. The summed E-state index contributed by atoms with van der Waals surface area (Å²) in [6, 6.07) is 9.95. The van der Waals surface area contributed by atoms with Crippen molar-refractivity contribution in [2.45, 2.75) is 71.1 Å². The van der Waals surface area contributed by atoms with E-state index in [1.165, 1.54) is 23.6 Å². The van der Waals surface area contributed by atoms with Crippen LogP contribution in [0, 0.1) is 0 Å². The number of amides is 1. The Morgan fingerprint density at radius 1 is 1.14 bits per heavy atom. The summed E-state index contributed by atoms with van der Waals surface area (Å²) >= 11 is -2.26. The number of anilines is 3. The van der Waals surface area contributed by atoms with Gasteiger partial charge in [0, 0.05) is 31.5 Å². The average molecular weight is 504 g/mol. The monoisotopic (exact) mass is 503 g/mol. The number of nitrogens with zero attached hydrogens (tertiary/aromatic N) is 2. The minimum absolute atomic E-state index is 0.140. The summed E-state index contributed by atoms with van der Waals surface area (Å²) in [4.78, 5) is 16.0. The summed E-state index contributed by atoms with van der Waals surface area (Å²) in [6.07, 6.45) is 8.93. The highest BCUT2D eigenvalue weighted by Gasteiger charge is 2.19. The largest absolute Gasteiger partial charge is 0.444 e. The molecular weight excluding hydrogens is 466 g/mol. The van der Waals surface area contributed by atoms with Gasteiger partial charge in [0.1, 0.15) is 5.60 Å². The molecule has 1 fully saturated rings. The fraction of sp³-hybridized carbons (Fsp3) is 0.520. The van der Waals surface area contributed by atoms with Gasteiger partial charge in [0.05, 0.1) is 23.6 Å². The van der Waals surface area contributed by atoms with E-state index in [-0.39, 0.29) is 13.1 Å². The SMILES string of the molecule is CC(C)(C)OC(=O)NCCN(c1ccc(NC2CCCCC2)c(NCc2ccncc2)c1)S(=O)O. The van der Waals surface area contributed by atoms with Crippen LogP contribution in [0.15, 0.2) is 42.7 Å². The maximum atomic E-state index is 12.1. The van der Waals surface area contributed by atoms with Crippen molar-refractivity contribution in [1.82, 2.24) is 10.3 Å². The van der Waals surface area contributed by atoms with Crippen LogP contribution in [0.25, 0.3) is 0 Å². The molecule has 0 bridgehead atoms. The third-order valence-electron chi connectivity index (χ3n) is 5.66. The zero-order chi connectivity index (χ0) is 25.3. The second-order valence-electron chi connectivity index (χ2n) is 9.68. The second-order valence-corrected chi connectivity index (χ2v) is 10.6. The maximum absolute atomic E-state index is 12.1. The fourth-order valence-corrected chi connectivity index (χ4v) is 4.54. The summed E-state index contributed by atoms with van der Waals surface area (Å²) in [5, 5.41) is 9.76. The minimum atomic E-state index is -2.26. The van der Waals surface area contributed by atoms with Gasteiger partial charge in [-0.1, -0.05) is 19.3 Å². The Bertz CT molecular complexity index is 978. The smallest absolute Gasteiger partial charge is 0.407 e. The van der Waals surface area contributed by atoms with Crippen molar-refractivity contribution in [3.05, 3.63) is 48.3 Å². The molecule has 0 radical (unpaired) electrons. The van der Waals surface area contributed by atoms with Gasteiger partial charge in [0.2, 0.25) is 0 Å². The van der Waals surface area contributed by atoms with Crippen LogP contribution < -0.4 is 20.3 Å². The summed E-state index contributed by atoms with van der Waals surface area (Å²) < 4.78 is 28.7. The molecule has 2 aromatic rings. The van der Waals surface area contributed by atoms with E-state index in [0.717, 1.165) is 29.8 Å². The Morgan fingerprint density at radius 3 is 2.51 bits per heavy atom. The maximum Gasteiger partial charge on any atom is 0.407 e. The molecule has 0 spiro atoms.